The molecule has 1 N–H and O–H groups in total. The number of amides is 1. The van der Waals surface area contributed by atoms with E-state index in [0.29, 0.717) is 27.4 Å². The standard InChI is InChI=1S/C23H23Cl2N5O3S2/c24-16-13-17(25)15-19(14-16)28-8-10-29(11-9-28)21-5-7-30(22(21)31)18-1-3-20(4-2-18)35(32,33)27-23-26-6-12-34-23/h1-4,6,12-15,21H,5,7-11H2,(H,26,27)/t21-/m0/s1. The number of piperazine rings is 1. The second kappa shape index (κ2) is 9.94. The molecule has 3 aromatic rings. The fourth-order valence-electron chi connectivity index (χ4n) is 4.53. The molecule has 2 fully saturated rings. The van der Waals surface area contributed by atoms with Crippen LogP contribution >= 0.6 is 34.5 Å². The molecule has 8 nitrogen and oxygen atoms in total. The van der Waals surface area contributed by atoms with Gasteiger partial charge in [0.15, 0.2) is 5.13 Å². The minimum Gasteiger partial charge on any atom is -0.369 e. The number of carbonyl (C=O) groups excluding carboxylic acids is 1. The molecule has 0 unspecified atom stereocenters. The number of thiazole rings is 1. The molecule has 1 atom stereocenters. The summed E-state index contributed by atoms with van der Waals surface area (Å²) in [4.78, 5) is 23.5. The maximum atomic E-state index is 13.2. The normalized spacial score (nSPS) is 19.4. The van der Waals surface area contributed by atoms with E-state index in [1.807, 2.05) is 12.1 Å². The van der Waals surface area contributed by atoms with E-state index in [2.05, 4.69) is 19.5 Å². The Bertz CT molecular complexity index is 1290. The van der Waals surface area contributed by atoms with Crippen molar-refractivity contribution in [3.05, 3.63) is 64.1 Å². The molecule has 35 heavy (non-hydrogen) atoms. The summed E-state index contributed by atoms with van der Waals surface area (Å²) in [6.07, 6.45) is 2.27. The van der Waals surface area contributed by atoms with Gasteiger partial charge in [0.1, 0.15) is 0 Å². The second-order valence-electron chi connectivity index (χ2n) is 8.38. The maximum Gasteiger partial charge on any atom is 0.263 e. The molecular formula is C23H23Cl2N5O3S2. The Morgan fingerprint density at radius 1 is 0.943 bits per heavy atom. The van der Waals surface area contributed by atoms with Crippen LogP contribution < -0.4 is 14.5 Å². The van der Waals surface area contributed by atoms with Gasteiger partial charge in [-0.3, -0.25) is 14.4 Å². The molecular weight excluding hydrogens is 529 g/mol. The van der Waals surface area contributed by atoms with Gasteiger partial charge < -0.3 is 9.80 Å². The van der Waals surface area contributed by atoms with E-state index in [9.17, 15) is 13.2 Å². The number of carbonyl (C=O) groups is 1. The number of hydrogen-bond acceptors (Lipinski definition) is 7. The smallest absolute Gasteiger partial charge is 0.263 e. The molecule has 3 heterocycles. The van der Waals surface area contributed by atoms with Gasteiger partial charge in [0.25, 0.3) is 10.0 Å². The Morgan fingerprint density at radius 2 is 1.63 bits per heavy atom. The van der Waals surface area contributed by atoms with E-state index < -0.39 is 10.0 Å². The van der Waals surface area contributed by atoms with Crippen LogP contribution in [0.4, 0.5) is 16.5 Å². The lowest BCUT2D eigenvalue weighted by atomic mass is 10.1. The van der Waals surface area contributed by atoms with Crippen LogP contribution in [-0.4, -0.2) is 63.0 Å². The van der Waals surface area contributed by atoms with Gasteiger partial charge in [0.05, 0.1) is 10.9 Å². The average molecular weight is 553 g/mol. The Balaban J connectivity index is 1.21. The largest absolute Gasteiger partial charge is 0.369 e. The summed E-state index contributed by atoms with van der Waals surface area (Å²) in [6, 6.07) is 11.7. The highest BCUT2D eigenvalue weighted by Crippen LogP contribution is 2.29. The molecule has 0 radical (unpaired) electrons. The van der Waals surface area contributed by atoms with Crippen LogP contribution in [-0.2, 0) is 14.8 Å². The number of nitrogens with zero attached hydrogens (tertiary/aromatic N) is 4. The Morgan fingerprint density at radius 3 is 2.26 bits per heavy atom. The van der Waals surface area contributed by atoms with Gasteiger partial charge in [-0.25, -0.2) is 13.4 Å². The van der Waals surface area contributed by atoms with Gasteiger partial charge in [-0.2, -0.15) is 0 Å². The summed E-state index contributed by atoms with van der Waals surface area (Å²) in [5, 5.41) is 3.22. The Kier molecular flexibility index (Phi) is 6.91. The highest BCUT2D eigenvalue weighted by Gasteiger charge is 2.38. The molecule has 5 rings (SSSR count). The Labute approximate surface area is 218 Å². The first-order valence-electron chi connectivity index (χ1n) is 11.1. The average Bonchev–Trinajstić information content (AvgIpc) is 3.48. The predicted octanol–water partition coefficient (Wildman–Crippen LogP) is 4.18. The minimum absolute atomic E-state index is 0.0424. The first-order chi connectivity index (χ1) is 16.8. The van der Waals surface area contributed by atoms with E-state index in [1.165, 1.54) is 29.7 Å². The van der Waals surface area contributed by atoms with Crippen molar-refractivity contribution < 1.29 is 13.2 Å². The van der Waals surface area contributed by atoms with Crippen LogP contribution in [0.15, 0.2) is 58.9 Å². The summed E-state index contributed by atoms with van der Waals surface area (Å²) < 4.78 is 27.6. The van der Waals surface area contributed by atoms with Crippen LogP contribution in [0.1, 0.15) is 6.42 Å². The summed E-state index contributed by atoms with van der Waals surface area (Å²) in [6.45, 7) is 3.66. The minimum atomic E-state index is -3.73. The lowest BCUT2D eigenvalue weighted by Crippen LogP contribution is -2.52. The van der Waals surface area contributed by atoms with E-state index in [4.69, 9.17) is 23.2 Å². The molecule has 12 heteroatoms. The van der Waals surface area contributed by atoms with Crippen LogP contribution in [0.5, 0.6) is 0 Å². The zero-order chi connectivity index (χ0) is 24.6. The number of rotatable bonds is 6. The van der Waals surface area contributed by atoms with Crippen LogP contribution in [0, 0.1) is 0 Å². The van der Waals surface area contributed by atoms with E-state index >= 15 is 0 Å². The van der Waals surface area contributed by atoms with Crippen molar-refractivity contribution in [1.29, 1.82) is 0 Å². The number of sulfonamides is 1. The molecule has 2 aliphatic rings. The van der Waals surface area contributed by atoms with Gasteiger partial charge in [0.2, 0.25) is 5.91 Å². The zero-order valence-electron chi connectivity index (χ0n) is 18.6. The van der Waals surface area contributed by atoms with Gasteiger partial charge in [-0.15, -0.1) is 11.3 Å². The SMILES string of the molecule is O=C1[C@@H](N2CCN(c3cc(Cl)cc(Cl)c3)CC2)CCN1c1ccc(S(=O)(=O)Nc2nccs2)cc1. The monoisotopic (exact) mass is 551 g/mol. The molecule has 2 aliphatic heterocycles. The van der Waals surface area contributed by atoms with Crippen molar-refractivity contribution in [3.63, 3.8) is 0 Å². The molecule has 1 amide bonds. The zero-order valence-corrected chi connectivity index (χ0v) is 21.7. The highest BCUT2D eigenvalue weighted by molar-refractivity contribution is 7.93. The molecule has 0 bridgehead atoms. The lowest BCUT2D eigenvalue weighted by Gasteiger charge is -2.38. The number of hydrogen-bond donors (Lipinski definition) is 1. The van der Waals surface area contributed by atoms with Gasteiger partial charge in [-0.1, -0.05) is 23.2 Å². The van der Waals surface area contributed by atoms with Gasteiger partial charge in [-0.05, 0) is 48.9 Å². The number of benzene rings is 2. The second-order valence-corrected chi connectivity index (χ2v) is 11.8. The summed E-state index contributed by atoms with van der Waals surface area (Å²) in [5.41, 5.74) is 1.68. The lowest BCUT2D eigenvalue weighted by molar-refractivity contribution is -0.121. The maximum absolute atomic E-state index is 13.2. The number of aromatic nitrogens is 1. The van der Waals surface area contributed by atoms with Crippen LogP contribution in [0.25, 0.3) is 0 Å². The van der Waals surface area contributed by atoms with E-state index in [-0.39, 0.29) is 16.8 Å². The number of halogens is 2. The molecule has 184 valence electrons. The van der Waals surface area contributed by atoms with Crippen molar-refractivity contribution in [3.8, 4) is 0 Å². The van der Waals surface area contributed by atoms with Crippen molar-refractivity contribution in [2.24, 2.45) is 0 Å². The first kappa shape index (κ1) is 24.3. The van der Waals surface area contributed by atoms with Crippen molar-refractivity contribution >= 4 is 67.0 Å². The third kappa shape index (κ3) is 5.26. The summed E-state index contributed by atoms with van der Waals surface area (Å²) in [7, 11) is -3.73. The molecule has 2 saturated heterocycles. The van der Waals surface area contributed by atoms with Crippen molar-refractivity contribution in [2.45, 2.75) is 17.4 Å². The van der Waals surface area contributed by atoms with Gasteiger partial charge >= 0.3 is 0 Å². The first-order valence-corrected chi connectivity index (χ1v) is 14.2. The molecule has 1 aromatic heterocycles. The topological polar surface area (TPSA) is 85.9 Å². The van der Waals surface area contributed by atoms with Crippen LogP contribution in [0.2, 0.25) is 10.0 Å². The summed E-state index contributed by atoms with van der Waals surface area (Å²) in [5.74, 6) is 0.0424. The molecule has 0 aliphatic carbocycles. The van der Waals surface area contributed by atoms with E-state index in [0.717, 1.165) is 38.3 Å². The molecule has 2 aromatic carbocycles. The highest BCUT2D eigenvalue weighted by atomic mass is 35.5. The van der Waals surface area contributed by atoms with Gasteiger partial charge in [0, 0.05) is 65.7 Å². The van der Waals surface area contributed by atoms with E-state index in [1.54, 1.807) is 28.5 Å². The quantitative estimate of drug-likeness (QED) is 0.494. The van der Waals surface area contributed by atoms with Crippen molar-refractivity contribution in [2.75, 3.05) is 47.2 Å². The number of anilines is 3. The van der Waals surface area contributed by atoms with Crippen LogP contribution in [0.3, 0.4) is 0 Å². The third-order valence-corrected chi connectivity index (χ3v) is 8.87. The fourth-order valence-corrected chi connectivity index (χ4v) is 6.83. The summed E-state index contributed by atoms with van der Waals surface area (Å²) >= 11 is 13.5. The Hall–Kier alpha value is -2.37. The predicted molar refractivity (Wildman–Crippen MR) is 140 cm³/mol. The fraction of sp³-hybridized carbons (Fsp3) is 0.304. The van der Waals surface area contributed by atoms with Crippen molar-refractivity contribution in [1.82, 2.24) is 9.88 Å². The molecule has 0 spiro atoms. The third-order valence-electron chi connectivity index (χ3n) is 6.26. The number of nitrogens with one attached hydrogen (secondary N) is 1. The molecule has 0 saturated carbocycles.